The van der Waals surface area contributed by atoms with Crippen LogP contribution in [0.15, 0.2) is 0 Å². The summed E-state index contributed by atoms with van der Waals surface area (Å²) in [6.45, 7) is 1.88. The van der Waals surface area contributed by atoms with Crippen molar-refractivity contribution in [1.82, 2.24) is 5.32 Å². The summed E-state index contributed by atoms with van der Waals surface area (Å²) >= 11 is 0. The monoisotopic (exact) mass is 337 g/mol. The van der Waals surface area contributed by atoms with E-state index in [1.54, 1.807) is 0 Å². The van der Waals surface area contributed by atoms with Gasteiger partial charge in [-0.15, -0.1) is 0 Å². The lowest BCUT2D eigenvalue weighted by molar-refractivity contribution is -0.390. The van der Waals surface area contributed by atoms with Crippen LogP contribution < -0.4 is 5.32 Å². The number of nitrogens with one attached hydrogen (secondary N) is 1. The average Bonchev–Trinajstić information content (AvgIpc) is 2.95. The highest BCUT2D eigenvalue weighted by molar-refractivity contribution is 5.05. The van der Waals surface area contributed by atoms with E-state index in [2.05, 4.69) is 5.32 Å². The second-order valence-electron chi connectivity index (χ2n) is 9.08. The van der Waals surface area contributed by atoms with Crippen LogP contribution in [-0.4, -0.2) is 36.4 Å². The molecule has 0 amide bonds. The molecule has 5 aliphatic carbocycles. The summed E-state index contributed by atoms with van der Waals surface area (Å²) in [6, 6.07) is 0. The maximum absolute atomic E-state index is 8.89. The van der Waals surface area contributed by atoms with Gasteiger partial charge in [-0.05, 0) is 69.2 Å². The molecule has 5 nitrogen and oxygen atoms in total. The van der Waals surface area contributed by atoms with E-state index < -0.39 is 11.6 Å². The molecule has 0 unspecified atom stereocenters. The van der Waals surface area contributed by atoms with Gasteiger partial charge in [0.25, 0.3) is 0 Å². The summed E-state index contributed by atoms with van der Waals surface area (Å²) in [4.78, 5) is 12.0. The molecule has 136 valence electrons. The van der Waals surface area contributed by atoms with Gasteiger partial charge in [-0.3, -0.25) is 0 Å². The van der Waals surface area contributed by atoms with E-state index >= 15 is 0 Å². The molecule has 2 N–H and O–H groups in total. The average molecular weight is 337 g/mol. The predicted molar refractivity (Wildman–Crippen MR) is 87.7 cm³/mol. The fourth-order valence-corrected chi connectivity index (χ4v) is 6.50. The Kier molecular flexibility index (Phi) is 3.95. The molecular formula is C19H31NO4. The maximum Gasteiger partial charge on any atom is 0.210 e. The third-order valence-electron chi connectivity index (χ3n) is 7.53. The van der Waals surface area contributed by atoms with Crippen molar-refractivity contribution in [3.63, 3.8) is 0 Å². The van der Waals surface area contributed by atoms with Gasteiger partial charge in [-0.25, -0.2) is 0 Å². The molecule has 0 radical (unpaired) electrons. The van der Waals surface area contributed by atoms with Gasteiger partial charge in [-0.2, -0.15) is 9.78 Å². The van der Waals surface area contributed by atoms with Crippen LogP contribution in [0.1, 0.15) is 57.8 Å². The normalized spacial score (nSPS) is 52.6. The first-order valence-corrected chi connectivity index (χ1v) is 10.1. The van der Waals surface area contributed by atoms with E-state index in [0.29, 0.717) is 24.3 Å². The number of ether oxygens (including phenoxy) is 1. The fraction of sp³-hybridized carbons (Fsp3) is 1.00. The summed E-state index contributed by atoms with van der Waals surface area (Å²) in [5.74, 6) is 2.68. The van der Waals surface area contributed by atoms with Gasteiger partial charge in [0.15, 0.2) is 0 Å². The molecule has 0 aromatic rings. The minimum absolute atomic E-state index is 0.212. The fourth-order valence-electron chi connectivity index (χ4n) is 6.50. The van der Waals surface area contributed by atoms with E-state index in [0.717, 1.165) is 44.1 Å². The predicted octanol–water partition coefficient (Wildman–Crippen LogP) is 2.59. The van der Waals surface area contributed by atoms with Crippen molar-refractivity contribution in [1.29, 1.82) is 0 Å². The molecular weight excluding hydrogens is 306 g/mol. The van der Waals surface area contributed by atoms with E-state index in [1.165, 1.54) is 32.1 Å². The molecule has 4 bridgehead atoms. The standard InChI is InChI=1S/C19H31NO4/c21-6-5-20-12-13-1-3-18(4-2-13)22-19(24-23-18)16-8-14-7-15(10-16)11-17(19)9-14/h13-17,20-21H,1-12H2. The Bertz CT molecular complexity index is 446. The molecule has 6 aliphatic rings. The Labute approximate surface area is 144 Å². The molecule has 6 rings (SSSR count). The zero-order valence-electron chi connectivity index (χ0n) is 14.5. The van der Waals surface area contributed by atoms with Gasteiger partial charge < -0.3 is 15.2 Å². The minimum Gasteiger partial charge on any atom is -0.395 e. The molecule has 6 fully saturated rings. The lowest BCUT2D eigenvalue weighted by Gasteiger charge is -2.57. The Hall–Kier alpha value is -0.200. The van der Waals surface area contributed by atoms with Crippen LogP contribution in [0.3, 0.4) is 0 Å². The van der Waals surface area contributed by atoms with E-state index in [1.807, 2.05) is 0 Å². The number of hydrogen-bond acceptors (Lipinski definition) is 5. The SMILES string of the molecule is OCCNCC1CCC2(CC1)OOC1(O2)C2CC3CC(C2)CC1C3. The lowest BCUT2D eigenvalue weighted by Crippen LogP contribution is -2.59. The van der Waals surface area contributed by atoms with Gasteiger partial charge in [-0.1, -0.05) is 0 Å². The first kappa shape index (κ1) is 16.0. The van der Waals surface area contributed by atoms with Crippen LogP contribution in [0, 0.1) is 29.6 Å². The molecule has 5 heteroatoms. The van der Waals surface area contributed by atoms with Gasteiger partial charge in [0.05, 0.1) is 6.61 Å². The van der Waals surface area contributed by atoms with Crippen molar-refractivity contribution in [2.75, 3.05) is 19.7 Å². The van der Waals surface area contributed by atoms with Crippen LogP contribution in [0.2, 0.25) is 0 Å². The number of rotatable bonds is 4. The van der Waals surface area contributed by atoms with E-state index in [-0.39, 0.29) is 6.61 Å². The first-order valence-electron chi connectivity index (χ1n) is 10.1. The third-order valence-corrected chi connectivity index (χ3v) is 7.53. The quantitative estimate of drug-likeness (QED) is 0.610. The van der Waals surface area contributed by atoms with Gasteiger partial charge in [0, 0.05) is 31.2 Å². The van der Waals surface area contributed by atoms with Gasteiger partial charge >= 0.3 is 0 Å². The van der Waals surface area contributed by atoms with Crippen LogP contribution in [0.25, 0.3) is 0 Å². The first-order chi connectivity index (χ1) is 11.7. The number of aliphatic hydroxyl groups is 1. The maximum atomic E-state index is 8.89. The number of aliphatic hydroxyl groups excluding tert-OH is 1. The molecule has 0 aromatic heterocycles. The molecule has 5 saturated carbocycles. The smallest absolute Gasteiger partial charge is 0.210 e. The van der Waals surface area contributed by atoms with E-state index in [9.17, 15) is 0 Å². The highest BCUT2D eigenvalue weighted by Gasteiger charge is 2.66. The second kappa shape index (κ2) is 5.92. The van der Waals surface area contributed by atoms with Crippen molar-refractivity contribution >= 4 is 0 Å². The van der Waals surface area contributed by atoms with Crippen LogP contribution in [0.5, 0.6) is 0 Å². The zero-order chi connectivity index (χ0) is 16.2. The van der Waals surface area contributed by atoms with Gasteiger partial charge in [0.2, 0.25) is 11.6 Å². The topological polar surface area (TPSA) is 60.0 Å². The van der Waals surface area contributed by atoms with Crippen molar-refractivity contribution < 1.29 is 19.6 Å². The lowest BCUT2D eigenvalue weighted by atomic mass is 9.53. The van der Waals surface area contributed by atoms with Crippen molar-refractivity contribution in [2.45, 2.75) is 69.4 Å². The Morgan fingerprint density at radius 2 is 1.58 bits per heavy atom. The largest absolute Gasteiger partial charge is 0.395 e. The molecule has 1 saturated heterocycles. The molecule has 0 atom stereocenters. The van der Waals surface area contributed by atoms with Crippen molar-refractivity contribution in [3.8, 4) is 0 Å². The summed E-state index contributed by atoms with van der Waals surface area (Å²) in [7, 11) is 0. The van der Waals surface area contributed by atoms with E-state index in [4.69, 9.17) is 19.6 Å². The summed E-state index contributed by atoms with van der Waals surface area (Å²) < 4.78 is 6.72. The number of hydrogen-bond donors (Lipinski definition) is 2. The molecule has 2 spiro atoms. The highest BCUT2D eigenvalue weighted by atomic mass is 17.3. The summed E-state index contributed by atoms with van der Waals surface area (Å²) in [5.41, 5.74) is 0. The third kappa shape index (κ3) is 2.47. The summed E-state index contributed by atoms with van der Waals surface area (Å²) in [6.07, 6.45) is 10.6. The van der Waals surface area contributed by atoms with Crippen molar-refractivity contribution in [3.05, 3.63) is 0 Å². The van der Waals surface area contributed by atoms with Crippen LogP contribution >= 0.6 is 0 Å². The molecule has 1 heterocycles. The Balaban J connectivity index is 1.23. The van der Waals surface area contributed by atoms with Gasteiger partial charge in [0.1, 0.15) is 0 Å². The molecule has 1 aliphatic heterocycles. The molecule has 0 aromatic carbocycles. The second-order valence-corrected chi connectivity index (χ2v) is 9.08. The Morgan fingerprint density at radius 1 is 0.917 bits per heavy atom. The summed E-state index contributed by atoms with van der Waals surface area (Å²) in [5, 5.41) is 12.2. The van der Waals surface area contributed by atoms with Crippen molar-refractivity contribution in [2.24, 2.45) is 29.6 Å². The molecule has 24 heavy (non-hydrogen) atoms. The van der Waals surface area contributed by atoms with Crippen LogP contribution in [-0.2, 0) is 14.5 Å². The van der Waals surface area contributed by atoms with Crippen LogP contribution in [0.4, 0.5) is 0 Å². The minimum atomic E-state index is -0.483. The Morgan fingerprint density at radius 3 is 2.21 bits per heavy atom. The highest BCUT2D eigenvalue weighted by Crippen LogP contribution is 2.63. The zero-order valence-corrected chi connectivity index (χ0v) is 14.5.